The Hall–Kier alpha value is -4.36. The molecule has 1 aliphatic rings. The molecule has 0 aliphatic heterocycles. The van der Waals surface area contributed by atoms with Crippen LogP contribution in [-0.4, -0.2) is 4.98 Å². The van der Waals surface area contributed by atoms with Gasteiger partial charge in [-0.1, -0.05) is 78.4 Å². The van der Waals surface area contributed by atoms with Crippen LogP contribution < -0.4 is 0 Å². The van der Waals surface area contributed by atoms with E-state index in [1.165, 1.54) is 99.0 Å². The molecule has 0 amide bonds. The number of benzene rings is 6. The number of fused-ring (bicyclic) bond motifs is 8. The standard InChI is InChI=1S/C36H27N/c1-19-9-7-10-23(15-19)28-16-21(3)32-29-18-31-34(22(4)33(29)27-14-8-13-26(28)35(27)32)36-25-12-6-5-11-24(25)20(2)17-30(36)37-31/h5-18,37H,1-4H3. The highest BCUT2D eigenvalue weighted by atomic mass is 14.7. The summed E-state index contributed by atoms with van der Waals surface area (Å²) in [4.78, 5) is 3.80. The molecule has 8 rings (SSSR count). The van der Waals surface area contributed by atoms with Gasteiger partial charge < -0.3 is 4.98 Å². The van der Waals surface area contributed by atoms with Gasteiger partial charge in [0.15, 0.2) is 0 Å². The largest absolute Gasteiger partial charge is 0.354 e. The van der Waals surface area contributed by atoms with Crippen molar-refractivity contribution >= 4 is 43.4 Å². The average Bonchev–Trinajstić information content (AvgIpc) is 3.43. The van der Waals surface area contributed by atoms with Crippen LogP contribution in [0.1, 0.15) is 22.3 Å². The smallest absolute Gasteiger partial charge is 0.0474 e. The summed E-state index contributed by atoms with van der Waals surface area (Å²) >= 11 is 0. The third-order valence-electron chi connectivity index (χ3n) is 8.58. The van der Waals surface area contributed by atoms with Crippen LogP contribution in [-0.2, 0) is 0 Å². The predicted octanol–water partition coefficient (Wildman–Crippen LogP) is 10.2. The number of aryl methyl sites for hydroxylation is 4. The molecule has 37 heavy (non-hydrogen) atoms. The molecule has 1 N–H and O–H groups in total. The zero-order valence-electron chi connectivity index (χ0n) is 21.6. The van der Waals surface area contributed by atoms with Gasteiger partial charge in [0, 0.05) is 21.8 Å². The number of aromatic nitrogens is 1. The number of rotatable bonds is 1. The maximum Gasteiger partial charge on any atom is 0.0474 e. The van der Waals surface area contributed by atoms with Gasteiger partial charge in [0.1, 0.15) is 0 Å². The maximum absolute atomic E-state index is 3.80. The summed E-state index contributed by atoms with van der Waals surface area (Å²) < 4.78 is 0. The minimum absolute atomic E-state index is 1.22. The van der Waals surface area contributed by atoms with Crippen molar-refractivity contribution in [3.63, 3.8) is 0 Å². The summed E-state index contributed by atoms with van der Waals surface area (Å²) in [6.45, 7) is 8.99. The second-order valence-corrected chi connectivity index (χ2v) is 10.8. The van der Waals surface area contributed by atoms with E-state index in [9.17, 15) is 0 Å². The molecule has 0 unspecified atom stereocenters. The van der Waals surface area contributed by atoms with Crippen molar-refractivity contribution in [1.29, 1.82) is 0 Å². The number of nitrogens with one attached hydrogen (secondary N) is 1. The van der Waals surface area contributed by atoms with E-state index in [0.717, 1.165) is 0 Å². The van der Waals surface area contributed by atoms with Crippen molar-refractivity contribution < 1.29 is 0 Å². The third-order valence-corrected chi connectivity index (χ3v) is 8.58. The van der Waals surface area contributed by atoms with Gasteiger partial charge in [-0.2, -0.15) is 0 Å². The van der Waals surface area contributed by atoms with E-state index in [-0.39, 0.29) is 0 Å². The number of aromatic amines is 1. The SMILES string of the molecule is Cc1cccc(-c2cc(C)c3c4c(cccc24)-c2c-3cc3[nH]c4cc(C)c5ccccc5c4c3c2C)c1. The minimum atomic E-state index is 1.22. The van der Waals surface area contributed by atoms with Crippen LogP contribution in [0.5, 0.6) is 0 Å². The molecule has 1 aliphatic carbocycles. The monoisotopic (exact) mass is 473 g/mol. The Balaban J connectivity index is 1.52. The first-order valence-corrected chi connectivity index (χ1v) is 13.1. The molecule has 1 heterocycles. The Labute approximate surface area is 216 Å². The zero-order chi connectivity index (χ0) is 25.0. The molecule has 0 saturated carbocycles. The molecule has 1 heteroatoms. The Morgan fingerprint density at radius 3 is 2.08 bits per heavy atom. The van der Waals surface area contributed by atoms with Gasteiger partial charge in [-0.05, 0) is 111 Å². The Kier molecular flexibility index (Phi) is 4.00. The third kappa shape index (κ3) is 2.64. The quantitative estimate of drug-likeness (QED) is 0.244. The molecule has 0 bridgehead atoms. The van der Waals surface area contributed by atoms with E-state index < -0.39 is 0 Å². The molecule has 0 saturated heterocycles. The molecule has 0 atom stereocenters. The van der Waals surface area contributed by atoms with E-state index in [0.29, 0.717) is 0 Å². The predicted molar refractivity (Wildman–Crippen MR) is 160 cm³/mol. The molecular weight excluding hydrogens is 446 g/mol. The molecular formula is C36H27N. The summed E-state index contributed by atoms with van der Waals surface area (Å²) in [5, 5.41) is 8.10. The van der Waals surface area contributed by atoms with Crippen LogP contribution >= 0.6 is 0 Å². The summed E-state index contributed by atoms with van der Waals surface area (Å²) in [6.07, 6.45) is 0. The summed E-state index contributed by atoms with van der Waals surface area (Å²) in [5.74, 6) is 0. The lowest BCUT2D eigenvalue weighted by Gasteiger charge is -2.13. The van der Waals surface area contributed by atoms with Gasteiger partial charge in [0.2, 0.25) is 0 Å². The lowest BCUT2D eigenvalue weighted by molar-refractivity contribution is 1.45. The second-order valence-electron chi connectivity index (χ2n) is 10.8. The van der Waals surface area contributed by atoms with Gasteiger partial charge in [0.25, 0.3) is 0 Å². The highest BCUT2D eigenvalue weighted by Gasteiger charge is 2.28. The maximum atomic E-state index is 3.80. The molecule has 0 fully saturated rings. The highest BCUT2D eigenvalue weighted by molar-refractivity contribution is 6.27. The molecule has 1 aromatic heterocycles. The summed E-state index contributed by atoms with van der Waals surface area (Å²) in [5.41, 5.74) is 15.9. The van der Waals surface area contributed by atoms with Gasteiger partial charge in [-0.15, -0.1) is 0 Å². The van der Waals surface area contributed by atoms with E-state index in [1.807, 2.05) is 0 Å². The first-order chi connectivity index (χ1) is 18.0. The molecule has 0 radical (unpaired) electrons. The Bertz CT molecular complexity index is 2120. The molecule has 0 spiro atoms. The van der Waals surface area contributed by atoms with Crippen LogP contribution in [0.4, 0.5) is 0 Å². The number of hydrogen-bond donors (Lipinski definition) is 1. The fourth-order valence-electron chi connectivity index (χ4n) is 7.07. The van der Waals surface area contributed by atoms with Crippen molar-refractivity contribution in [3.8, 4) is 33.4 Å². The summed E-state index contributed by atoms with van der Waals surface area (Å²) in [6, 6.07) is 31.7. The summed E-state index contributed by atoms with van der Waals surface area (Å²) in [7, 11) is 0. The number of hydrogen-bond acceptors (Lipinski definition) is 0. The van der Waals surface area contributed by atoms with Crippen molar-refractivity contribution in [2.24, 2.45) is 0 Å². The van der Waals surface area contributed by atoms with E-state index in [2.05, 4.69) is 118 Å². The highest BCUT2D eigenvalue weighted by Crippen LogP contribution is 2.54. The lowest BCUT2D eigenvalue weighted by Crippen LogP contribution is -1.88. The van der Waals surface area contributed by atoms with Gasteiger partial charge in [0.05, 0.1) is 0 Å². The van der Waals surface area contributed by atoms with E-state index in [1.54, 1.807) is 0 Å². The van der Waals surface area contributed by atoms with Gasteiger partial charge >= 0.3 is 0 Å². The van der Waals surface area contributed by atoms with Crippen LogP contribution in [0, 0.1) is 27.7 Å². The fourth-order valence-corrected chi connectivity index (χ4v) is 7.07. The minimum Gasteiger partial charge on any atom is -0.354 e. The van der Waals surface area contributed by atoms with Crippen LogP contribution in [0.2, 0.25) is 0 Å². The molecule has 1 nitrogen and oxygen atoms in total. The van der Waals surface area contributed by atoms with Crippen molar-refractivity contribution in [1.82, 2.24) is 4.98 Å². The van der Waals surface area contributed by atoms with Crippen LogP contribution in [0.25, 0.3) is 76.7 Å². The van der Waals surface area contributed by atoms with Gasteiger partial charge in [-0.25, -0.2) is 0 Å². The second kappa shape index (κ2) is 7.11. The van der Waals surface area contributed by atoms with Crippen LogP contribution in [0.3, 0.4) is 0 Å². The molecule has 6 aromatic carbocycles. The topological polar surface area (TPSA) is 15.8 Å². The Morgan fingerprint density at radius 2 is 1.24 bits per heavy atom. The number of H-pyrrole nitrogens is 1. The first kappa shape index (κ1) is 20.8. The average molecular weight is 474 g/mol. The fraction of sp³-hybridized carbons (Fsp3) is 0.111. The lowest BCUT2D eigenvalue weighted by atomic mass is 9.90. The first-order valence-electron chi connectivity index (χ1n) is 13.1. The van der Waals surface area contributed by atoms with E-state index >= 15 is 0 Å². The molecule has 176 valence electrons. The Morgan fingerprint density at radius 1 is 0.486 bits per heavy atom. The van der Waals surface area contributed by atoms with Crippen molar-refractivity contribution in [2.45, 2.75) is 27.7 Å². The zero-order valence-corrected chi connectivity index (χ0v) is 21.6. The van der Waals surface area contributed by atoms with Crippen molar-refractivity contribution in [2.75, 3.05) is 0 Å². The van der Waals surface area contributed by atoms with Crippen molar-refractivity contribution in [3.05, 3.63) is 107 Å². The van der Waals surface area contributed by atoms with E-state index in [4.69, 9.17) is 0 Å². The van der Waals surface area contributed by atoms with Gasteiger partial charge in [-0.3, -0.25) is 0 Å². The normalized spacial score (nSPS) is 12.3. The van der Waals surface area contributed by atoms with Crippen LogP contribution in [0.15, 0.2) is 84.9 Å². The molecule has 7 aromatic rings.